The molecule has 0 radical (unpaired) electrons. The van der Waals surface area contributed by atoms with E-state index in [-0.39, 0.29) is 25.2 Å². The molecule has 0 unspecified atom stereocenters. The molecule has 2 rings (SSSR count). The minimum atomic E-state index is -0.823. The molecule has 1 atom stereocenters. The maximum Gasteiger partial charge on any atom is 0.408 e. The van der Waals surface area contributed by atoms with Crippen LogP contribution in [0, 0.1) is 5.92 Å². The van der Waals surface area contributed by atoms with Crippen LogP contribution in [0.1, 0.15) is 35.3 Å². The second-order valence-electron chi connectivity index (χ2n) is 7.08. The maximum absolute atomic E-state index is 12.4. The van der Waals surface area contributed by atoms with Crippen LogP contribution in [0.15, 0.2) is 54.6 Å². The van der Waals surface area contributed by atoms with Gasteiger partial charge >= 0.3 is 18.0 Å². The van der Waals surface area contributed by atoms with Gasteiger partial charge in [-0.1, -0.05) is 67.9 Å². The van der Waals surface area contributed by atoms with Gasteiger partial charge in [0.2, 0.25) is 0 Å². The van der Waals surface area contributed by atoms with E-state index in [0.29, 0.717) is 12.0 Å². The zero-order chi connectivity index (χ0) is 22.6. The van der Waals surface area contributed by atoms with Gasteiger partial charge in [-0.25, -0.2) is 14.4 Å². The molecule has 7 nitrogen and oxygen atoms in total. The summed E-state index contributed by atoms with van der Waals surface area (Å²) in [6.45, 7) is 3.86. The molecule has 2 aromatic rings. The van der Waals surface area contributed by atoms with Gasteiger partial charge in [-0.05, 0) is 29.2 Å². The Kier molecular flexibility index (Phi) is 9.84. The van der Waals surface area contributed by atoms with Gasteiger partial charge in [0.15, 0.2) is 6.07 Å². The largest absolute Gasteiger partial charge is 0.464 e. The fourth-order valence-corrected chi connectivity index (χ4v) is 2.79. The number of rotatable bonds is 10. The van der Waals surface area contributed by atoms with Crippen molar-refractivity contribution in [2.75, 3.05) is 12.7 Å². The summed E-state index contributed by atoms with van der Waals surface area (Å²) in [6.07, 6.45) is -0.223. The van der Waals surface area contributed by atoms with Gasteiger partial charge in [-0.2, -0.15) is 0 Å². The average molecular weight is 448 g/mol. The zero-order valence-corrected chi connectivity index (χ0v) is 18.3. The Balaban J connectivity index is 1.79. The third-order valence-corrected chi connectivity index (χ3v) is 4.53. The molecule has 1 N–H and O–H groups in total. The molecule has 0 heterocycles. The minimum absolute atomic E-state index is 0.112. The lowest BCUT2D eigenvalue weighted by molar-refractivity contribution is -0.147. The molecule has 2 aromatic carbocycles. The van der Waals surface area contributed by atoms with E-state index in [0.717, 1.165) is 11.1 Å². The predicted molar refractivity (Wildman–Crippen MR) is 116 cm³/mol. The first-order chi connectivity index (χ1) is 14.9. The SMILES string of the molecule is CC(C)[C@H](NC(=O)OCc1ccccc1)C(=O)OCCc1ccc(C(=O)OCCl)cc1. The van der Waals surface area contributed by atoms with Gasteiger partial charge in [-0.15, -0.1) is 0 Å². The summed E-state index contributed by atoms with van der Waals surface area (Å²) in [6, 6.07) is 15.0. The van der Waals surface area contributed by atoms with Crippen molar-refractivity contribution in [3.8, 4) is 0 Å². The lowest BCUT2D eigenvalue weighted by atomic mass is 10.1. The van der Waals surface area contributed by atoms with Crippen molar-refractivity contribution in [1.29, 1.82) is 0 Å². The van der Waals surface area contributed by atoms with E-state index in [9.17, 15) is 14.4 Å². The minimum Gasteiger partial charge on any atom is -0.464 e. The Morgan fingerprint density at radius 3 is 2.19 bits per heavy atom. The number of esters is 2. The Morgan fingerprint density at radius 2 is 1.58 bits per heavy atom. The number of alkyl carbamates (subject to hydrolysis) is 1. The topological polar surface area (TPSA) is 90.9 Å². The summed E-state index contributed by atoms with van der Waals surface area (Å²) >= 11 is 5.37. The van der Waals surface area contributed by atoms with Gasteiger partial charge in [-0.3, -0.25) is 0 Å². The molecule has 0 aliphatic heterocycles. The monoisotopic (exact) mass is 447 g/mol. The first kappa shape index (κ1) is 24.2. The number of carbonyl (C=O) groups is 3. The molecule has 0 fully saturated rings. The summed E-state index contributed by atoms with van der Waals surface area (Å²) < 4.78 is 15.2. The number of carbonyl (C=O) groups excluding carboxylic acids is 3. The fraction of sp³-hybridized carbons (Fsp3) is 0.348. The predicted octanol–water partition coefficient (Wildman–Crippen LogP) is 4.08. The lowest BCUT2D eigenvalue weighted by Gasteiger charge is -2.20. The third-order valence-electron chi connectivity index (χ3n) is 4.42. The van der Waals surface area contributed by atoms with Crippen LogP contribution in [0.4, 0.5) is 4.79 Å². The van der Waals surface area contributed by atoms with Gasteiger partial charge < -0.3 is 19.5 Å². The van der Waals surface area contributed by atoms with Crippen LogP contribution >= 0.6 is 11.6 Å². The van der Waals surface area contributed by atoms with Crippen molar-refractivity contribution in [2.45, 2.75) is 32.9 Å². The Hall–Kier alpha value is -3.06. The van der Waals surface area contributed by atoms with Gasteiger partial charge in [0, 0.05) is 6.42 Å². The van der Waals surface area contributed by atoms with Crippen LogP contribution in [-0.4, -0.2) is 36.7 Å². The Morgan fingerprint density at radius 1 is 0.903 bits per heavy atom. The Bertz CT molecular complexity index is 854. The lowest BCUT2D eigenvalue weighted by Crippen LogP contribution is -2.45. The molecule has 0 spiro atoms. The quantitative estimate of drug-likeness (QED) is 0.335. The molecule has 0 aliphatic carbocycles. The Labute approximate surface area is 186 Å². The average Bonchev–Trinajstić information content (AvgIpc) is 2.77. The summed E-state index contributed by atoms with van der Waals surface area (Å²) in [5, 5.41) is 2.57. The smallest absolute Gasteiger partial charge is 0.408 e. The highest BCUT2D eigenvalue weighted by Gasteiger charge is 2.26. The molecule has 0 bridgehead atoms. The van der Waals surface area contributed by atoms with E-state index >= 15 is 0 Å². The number of amides is 1. The van der Waals surface area contributed by atoms with Crippen molar-refractivity contribution in [3.63, 3.8) is 0 Å². The maximum atomic E-state index is 12.4. The van der Waals surface area contributed by atoms with E-state index in [1.54, 1.807) is 24.3 Å². The van der Waals surface area contributed by atoms with Crippen molar-refractivity contribution < 1.29 is 28.6 Å². The number of hydrogen-bond acceptors (Lipinski definition) is 6. The molecule has 0 aromatic heterocycles. The number of hydrogen-bond donors (Lipinski definition) is 1. The summed E-state index contributed by atoms with van der Waals surface area (Å²) in [7, 11) is 0. The van der Waals surface area contributed by atoms with Crippen LogP contribution in [0.25, 0.3) is 0 Å². The first-order valence-corrected chi connectivity index (χ1v) is 10.4. The van der Waals surface area contributed by atoms with Crippen LogP contribution in [0.3, 0.4) is 0 Å². The second kappa shape index (κ2) is 12.6. The van der Waals surface area contributed by atoms with E-state index in [1.807, 2.05) is 44.2 Å². The van der Waals surface area contributed by atoms with Crippen molar-refractivity contribution in [2.24, 2.45) is 5.92 Å². The van der Waals surface area contributed by atoms with Crippen molar-refractivity contribution in [1.82, 2.24) is 5.32 Å². The highest BCUT2D eigenvalue weighted by molar-refractivity contribution is 6.17. The molecule has 1 amide bonds. The van der Waals surface area contributed by atoms with Crippen LogP contribution in [-0.2, 0) is 32.0 Å². The van der Waals surface area contributed by atoms with E-state index < -0.39 is 24.1 Å². The first-order valence-electron chi connectivity index (χ1n) is 9.86. The van der Waals surface area contributed by atoms with Crippen LogP contribution in [0.2, 0.25) is 0 Å². The number of halogens is 1. The molecular formula is C23H26ClNO6. The number of nitrogens with one attached hydrogen (secondary N) is 1. The third kappa shape index (κ3) is 8.30. The van der Waals surface area contributed by atoms with Gasteiger partial charge in [0.05, 0.1) is 12.2 Å². The highest BCUT2D eigenvalue weighted by Crippen LogP contribution is 2.09. The van der Waals surface area contributed by atoms with Crippen molar-refractivity contribution >= 4 is 29.6 Å². The molecule has 0 saturated heterocycles. The molecule has 0 aliphatic rings. The van der Waals surface area contributed by atoms with Gasteiger partial charge in [0.1, 0.15) is 12.6 Å². The zero-order valence-electron chi connectivity index (χ0n) is 17.5. The highest BCUT2D eigenvalue weighted by atomic mass is 35.5. The standard InChI is InChI=1S/C23H26ClNO6/c1-16(2)20(25-23(28)30-14-18-6-4-3-5-7-18)22(27)29-13-12-17-8-10-19(11-9-17)21(26)31-15-24/h3-11,16,20H,12-15H2,1-2H3,(H,25,28)/t20-/m0/s1. The van der Waals surface area contributed by atoms with E-state index in [1.165, 1.54) is 0 Å². The molecule has 31 heavy (non-hydrogen) atoms. The van der Waals surface area contributed by atoms with Crippen LogP contribution < -0.4 is 5.32 Å². The number of ether oxygens (including phenoxy) is 3. The number of benzene rings is 2. The second-order valence-corrected chi connectivity index (χ2v) is 7.30. The summed E-state index contributed by atoms with van der Waals surface area (Å²) in [5.74, 6) is -1.21. The van der Waals surface area contributed by atoms with E-state index in [4.69, 9.17) is 25.8 Å². The van der Waals surface area contributed by atoms with E-state index in [2.05, 4.69) is 5.32 Å². The number of alkyl halides is 1. The normalized spacial score (nSPS) is 11.5. The summed E-state index contributed by atoms with van der Waals surface area (Å²) in [5.41, 5.74) is 2.12. The fourth-order valence-electron chi connectivity index (χ4n) is 2.69. The van der Waals surface area contributed by atoms with Gasteiger partial charge in [0.25, 0.3) is 0 Å². The molecular weight excluding hydrogens is 422 g/mol. The summed E-state index contributed by atoms with van der Waals surface area (Å²) in [4.78, 5) is 36.1. The molecule has 0 saturated carbocycles. The van der Waals surface area contributed by atoms with Crippen molar-refractivity contribution in [3.05, 3.63) is 71.3 Å². The molecule has 166 valence electrons. The van der Waals surface area contributed by atoms with Crippen LogP contribution in [0.5, 0.6) is 0 Å². The molecule has 8 heteroatoms.